The second-order valence-electron chi connectivity index (χ2n) is 5.45. The Balaban J connectivity index is 1.57. The summed E-state index contributed by atoms with van der Waals surface area (Å²) < 4.78 is 6.82. The molecule has 7 heteroatoms. The summed E-state index contributed by atoms with van der Waals surface area (Å²) in [6.45, 7) is 0.283. The minimum Gasteiger partial charge on any atom is -0.497 e. The van der Waals surface area contributed by atoms with Crippen molar-refractivity contribution in [1.82, 2.24) is 15.1 Å². The molecule has 0 aliphatic heterocycles. The summed E-state index contributed by atoms with van der Waals surface area (Å²) in [4.78, 5) is 22.6. The summed E-state index contributed by atoms with van der Waals surface area (Å²) >= 11 is 0. The molecule has 2 N–H and O–H groups in total. The van der Waals surface area contributed by atoms with Crippen molar-refractivity contribution in [2.45, 2.75) is 13.0 Å². The molecule has 3 rings (SSSR count). The first-order valence-corrected chi connectivity index (χ1v) is 7.28. The van der Waals surface area contributed by atoms with Crippen LogP contribution in [-0.2, 0) is 16.1 Å². The molecule has 1 aromatic heterocycles. The number of carboxylic acid groups (broad SMARTS) is 1. The topological polar surface area (TPSA) is 93.5 Å². The smallest absolute Gasteiger partial charge is 0.307 e. The third-order valence-corrected chi connectivity index (χ3v) is 3.87. The van der Waals surface area contributed by atoms with Gasteiger partial charge in [-0.2, -0.15) is 5.10 Å². The zero-order valence-electron chi connectivity index (χ0n) is 12.6. The molecule has 7 nitrogen and oxygen atoms in total. The van der Waals surface area contributed by atoms with Crippen molar-refractivity contribution in [2.75, 3.05) is 7.11 Å². The fraction of sp³-hybridized carbons (Fsp3) is 0.312. The summed E-state index contributed by atoms with van der Waals surface area (Å²) in [5.41, 5.74) is 1.60. The lowest BCUT2D eigenvalue weighted by Crippen LogP contribution is -2.26. The number of nitrogens with one attached hydrogen (secondary N) is 1. The molecule has 2 atom stereocenters. The lowest BCUT2D eigenvalue weighted by molar-refractivity contribution is -0.140. The van der Waals surface area contributed by atoms with Crippen LogP contribution >= 0.6 is 0 Å². The normalized spacial score (nSPS) is 19.2. The molecule has 1 fully saturated rings. The van der Waals surface area contributed by atoms with Crippen LogP contribution in [0, 0.1) is 11.8 Å². The predicted molar refractivity (Wildman–Crippen MR) is 81.2 cm³/mol. The van der Waals surface area contributed by atoms with Crippen molar-refractivity contribution in [3.05, 3.63) is 42.2 Å². The van der Waals surface area contributed by atoms with E-state index < -0.39 is 17.8 Å². The van der Waals surface area contributed by atoms with E-state index in [1.807, 2.05) is 30.3 Å². The fourth-order valence-electron chi connectivity index (χ4n) is 2.40. The van der Waals surface area contributed by atoms with Gasteiger partial charge in [0.2, 0.25) is 5.91 Å². The Morgan fingerprint density at radius 3 is 2.65 bits per heavy atom. The Kier molecular flexibility index (Phi) is 4.01. The number of aliphatic carboxylic acids is 1. The monoisotopic (exact) mass is 315 g/mol. The number of benzene rings is 1. The third-order valence-electron chi connectivity index (χ3n) is 3.87. The van der Waals surface area contributed by atoms with E-state index in [2.05, 4.69) is 10.4 Å². The van der Waals surface area contributed by atoms with Crippen molar-refractivity contribution in [3.63, 3.8) is 0 Å². The molecule has 1 aliphatic rings. The molecule has 1 aromatic carbocycles. The fourth-order valence-corrected chi connectivity index (χ4v) is 2.40. The number of aromatic nitrogens is 2. The van der Waals surface area contributed by atoms with E-state index in [1.54, 1.807) is 18.0 Å². The van der Waals surface area contributed by atoms with E-state index >= 15 is 0 Å². The highest BCUT2D eigenvalue weighted by atomic mass is 16.5. The first kappa shape index (κ1) is 15.1. The van der Waals surface area contributed by atoms with Gasteiger partial charge in [0.1, 0.15) is 5.75 Å². The Labute approximate surface area is 132 Å². The molecule has 1 aliphatic carbocycles. The highest BCUT2D eigenvalue weighted by Gasteiger charge is 2.48. The van der Waals surface area contributed by atoms with Gasteiger partial charge in [0, 0.05) is 6.20 Å². The van der Waals surface area contributed by atoms with E-state index in [9.17, 15) is 9.59 Å². The zero-order valence-corrected chi connectivity index (χ0v) is 12.6. The minimum absolute atomic E-state index is 0.226. The molecule has 1 saturated carbocycles. The van der Waals surface area contributed by atoms with Crippen LogP contribution in [0.15, 0.2) is 36.5 Å². The summed E-state index contributed by atoms with van der Waals surface area (Å²) in [6.07, 6.45) is 2.22. The lowest BCUT2D eigenvalue weighted by atomic mass is 10.3. The van der Waals surface area contributed by atoms with Gasteiger partial charge in [-0.25, -0.2) is 4.68 Å². The molecular weight excluding hydrogens is 298 g/mol. The molecule has 0 bridgehead atoms. The molecule has 0 spiro atoms. The van der Waals surface area contributed by atoms with Crippen molar-refractivity contribution in [2.24, 2.45) is 11.8 Å². The van der Waals surface area contributed by atoms with Gasteiger partial charge in [-0.3, -0.25) is 9.59 Å². The number of carboxylic acids is 1. The SMILES string of the molecule is COc1ccc(-n2ccc(CNC(=O)[C@@H]3C[C@@H]3C(=O)O)n2)cc1. The number of hydrogen-bond donors (Lipinski definition) is 2. The van der Waals surface area contributed by atoms with Crippen LogP contribution in [0.2, 0.25) is 0 Å². The van der Waals surface area contributed by atoms with Crippen LogP contribution in [0.4, 0.5) is 0 Å². The average molecular weight is 315 g/mol. The van der Waals surface area contributed by atoms with Gasteiger partial charge in [-0.05, 0) is 36.8 Å². The third kappa shape index (κ3) is 3.33. The molecule has 23 heavy (non-hydrogen) atoms. The first-order chi connectivity index (χ1) is 11.1. The largest absolute Gasteiger partial charge is 0.497 e. The van der Waals surface area contributed by atoms with Crippen LogP contribution in [0.3, 0.4) is 0 Å². The predicted octanol–water partition coefficient (Wildman–Crippen LogP) is 1.22. The summed E-state index contributed by atoms with van der Waals surface area (Å²) in [5.74, 6) is -1.31. The van der Waals surface area contributed by atoms with Crippen LogP contribution in [-0.4, -0.2) is 33.9 Å². The molecule has 0 saturated heterocycles. The minimum atomic E-state index is -0.908. The van der Waals surface area contributed by atoms with E-state index in [0.29, 0.717) is 12.1 Å². The average Bonchev–Trinajstić information content (AvgIpc) is 3.24. The quantitative estimate of drug-likeness (QED) is 0.836. The second kappa shape index (κ2) is 6.12. The summed E-state index contributed by atoms with van der Waals surface area (Å²) in [6, 6.07) is 9.27. The number of ether oxygens (including phenoxy) is 1. The van der Waals surface area contributed by atoms with Crippen LogP contribution < -0.4 is 10.1 Å². The van der Waals surface area contributed by atoms with E-state index in [4.69, 9.17) is 9.84 Å². The molecule has 2 aromatic rings. The van der Waals surface area contributed by atoms with Crippen LogP contribution in [0.25, 0.3) is 5.69 Å². The van der Waals surface area contributed by atoms with Crippen LogP contribution in [0.5, 0.6) is 5.75 Å². The maximum absolute atomic E-state index is 11.8. The lowest BCUT2D eigenvalue weighted by Gasteiger charge is -2.04. The van der Waals surface area contributed by atoms with Gasteiger partial charge >= 0.3 is 5.97 Å². The van der Waals surface area contributed by atoms with E-state index in [1.165, 1.54) is 0 Å². The van der Waals surface area contributed by atoms with Crippen LogP contribution in [0.1, 0.15) is 12.1 Å². The molecule has 1 heterocycles. The van der Waals surface area contributed by atoms with Gasteiger partial charge in [-0.15, -0.1) is 0 Å². The number of methoxy groups -OCH3 is 1. The second-order valence-corrected chi connectivity index (χ2v) is 5.45. The van der Waals surface area contributed by atoms with Crippen molar-refractivity contribution < 1.29 is 19.4 Å². The standard InChI is InChI=1S/C16H17N3O4/c1-23-12-4-2-11(3-5-12)19-7-6-10(18-19)9-17-15(20)13-8-14(13)16(21)22/h2-7,13-14H,8-9H2,1H3,(H,17,20)(H,21,22)/t13-,14+/m1/s1. The molecular formula is C16H17N3O4. The maximum Gasteiger partial charge on any atom is 0.307 e. The molecule has 0 radical (unpaired) electrons. The van der Waals surface area contributed by atoms with E-state index in [0.717, 1.165) is 11.4 Å². The van der Waals surface area contributed by atoms with E-state index in [-0.39, 0.29) is 12.5 Å². The number of amides is 1. The zero-order chi connectivity index (χ0) is 16.4. The highest BCUT2D eigenvalue weighted by Crippen LogP contribution is 2.38. The van der Waals surface area contributed by atoms with Crippen molar-refractivity contribution in [3.8, 4) is 11.4 Å². The highest BCUT2D eigenvalue weighted by molar-refractivity contribution is 5.89. The Morgan fingerprint density at radius 1 is 1.30 bits per heavy atom. The maximum atomic E-state index is 11.8. The molecule has 120 valence electrons. The van der Waals surface area contributed by atoms with Gasteiger partial charge in [0.25, 0.3) is 0 Å². The number of carbonyl (C=O) groups is 2. The molecule has 1 amide bonds. The number of carbonyl (C=O) groups excluding carboxylic acids is 1. The van der Waals surface area contributed by atoms with Gasteiger partial charge in [0.05, 0.1) is 36.9 Å². The Morgan fingerprint density at radius 2 is 2.04 bits per heavy atom. The Bertz CT molecular complexity index is 723. The molecule has 0 unspecified atom stereocenters. The number of rotatable bonds is 6. The number of nitrogens with zero attached hydrogens (tertiary/aromatic N) is 2. The Hall–Kier alpha value is -2.83. The van der Waals surface area contributed by atoms with Crippen molar-refractivity contribution >= 4 is 11.9 Å². The van der Waals surface area contributed by atoms with Gasteiger partial charge in [-0.1, -0.05) is 0 Å². The first-order valence-electron chi connectivity index (χ1n) is 7.28. The summed E-state index contributed by atoms with van der Waals surface area (Å²) in [7, 11) is 1.61. The van der Waals surface area contributed by atoms with Gasteiger partial charge < -0.3 is 15.2 Å². The number of hydrogen-bond acceptors (Lipinski definition) is 4. The summed E-state index contributed by atoms with van der Waals surface area (Å²) in [5, 5.41) is 15.9. The van der Waals surface area contributed by atoms with Gasteiger partial charge in [0.15, 0.2) is 0 Å². The van der Waals surface area contributed by atoms with Crippen molar-refractivity contribution in [1.29, 1.82) is 0 Å².